The maximum atomic E-state index is 14.0. The van der Waals surface area contributed by atoms with E-state index in [0.29, 0.717) is 22.7 Å². The maximum absolute atomic E-state index is 14.0. The number of nitrogens with one attached hydrogen (secondary N) is 1. The van der Waals surface area contributed by atoms with Gasteiger partial charge in [0.1, 0.15) is 28.8 Å². The number of fused-ring (bicyclic) bond motifs is 1. The van der Waals surface area contributed by atoms with E-state index in [-0.39, 0.29) is 11.4 Å². The number of amides is 1. The molecule has 4 aromatic rings. The molecule has 2 heterocycles. The van der Waals surface area contributed by atoms with Crippen molar-refractivity contribution < 1.29 is 13.6 Å². The van der Waals surface area contributed by atoms with E-state index < -0.39 is 11.7 Å². The van der Waals surface area contributed by atoms with Crippen molar-refractivity contribution >= 4 is 17.4 Å². The summed E-state index contributed by atoms with van der Waals surface area (Å²) in [5.41, 5.74) is 2.68. The summed E-state index contributed by atoms with van der Waals surface area (Å²) in [6.07, 6.45) is 1.78. The summed E-state index contributed by atoms with van der Waals surface area (Å²) >= 11 is 0. The molecule has 0 saturated heterocycles. The van der Waals surface area contributed by atoms with Crippen LogP contribution in [0.3, 0.4) is 0 Å². The quantitative estimate of drug-likeness (QED) is 0.566. The number of rotatable bonds is 3. The molecule has 2 aromatic carbocycles. The third-order valence-corrected chi connectivity index (χ3v) is 4.25. The van der Waals surface area contributed by atoms with Gasteiger partial charge < -0.3 is 5.32 Å². The molecule has 0 unspecified atom stereocenters. The lowest BCUT2D eigenvalue weighted by Gasteiger charge is -2.09. The van der Waals surface area contributed by atoms with Crippen LogP contribution in [0.2, 0.25) is 0 Å². The lowest BCUT2D eigenvalue weighted by Crippen LogP contribution is -2.15. The van der Waals surface area contributed by atoms with Gasteiger partial charge in [0.2, 0.25) is 0 Å². The van der Waals surface area contributed by atoms with Gasteiger partial charge in [-0.05, 0) is 61.0 Å². The van der Waals surface area contributed by atoms with E-state index in [4.69, 9.17) is 0 Å². The number of anilines is 1. The lowest BCUT2D eigenvalue weighted by atomic mass is 10.1. The highest BCUT2D eigenvalue weighted by molar-refractivity contribution is 6.06. The molecule has 1 N–H and O–H groups in total. The highest BCUT2D eigenvalue weighted by Gasteiger charge is 2.19. The molecule has 4 rings (SSSR count). The largest absolute Gasteiger partial charge is 0.306 e. The van der Waals surface area contributed by atoms with E-state index >= 15 is 0 Å². The molecule has 27 heavy (non-hydrogen) atoms. The Morgan fingerprint density at radius 2 is 1.78 bits per heavy atom. The summed E-state index contributed by atoms with van der Waals surface area (Å²) in [5.74, 6) is -1.16. The Balaban J connectivity index is 1.85. The van der Waals surface area contributed by atoms with Crippen LogP contribution < -0.4 is 5.32 Å². The number of aromatic nitrogens is 2. The number of aryl methyl sites for hydroxylation is 1. The normalized spacial score (nSPS) is 10.9. The second-order valence-electron chi connectivity index (χ2n) is 6.18. The van der Waals surface area contributed by atoms with Crippen molar-refractivity contribution in [3.8, 4) is 11.3 Å². The lowest BCUT2D eigenvalue weighted by molar-refractivity contribution is 0.102. The number of pyridine rings is 1. The predicted octanol–water partition coefficient (Wildman–Crippen LogP) is 4.84. The summed E-state index contributed by atoms with van der Waals surface area (Å²) in [5, 5.41) is 2.75. The molecule has 0 spiro atoms. The van der Waals surface area contributed by atoms with Crippen molar-refractivity contribution in [2.24, 2.45) is 0 Å². The molecule has 0 aliphatic heterocycles. The average molecular weight is 363 g/mol. The van der Waals surface area contributed by atoms with E-state index in [1.165, 1.54) is 30.3 Å². The minimum Gasteiger partial charge on any atom is -0.306 e. The maximum Gasteiger partial charge on any atom is 0.259 e. The highest BCUT2D eigenvalue weighted by Crippen LogP contribution is 2.30. The van der Waals surface area contributed by atoms with Gasteiger partial charge in [0.05, 0.1) is 5.56 Å². The summed E-state index contributed by atoms with van der Waals surface area (Å²) in [4.78, 5) is 17.2. The van der Waals surface area contributed by atoms with Gasteiger partial charge in [-0.2, -0.15) is 0 Å². The van der Waals surface area contributed by atoms with Crippen LogP contribution in [-0.4, -0.2) is 15.3 Å². The number of nitrogens with zero attached hydrogens (tertiary/aromatic N) is 2. The molecule has 0 aliphatic rings. The first kappa shape index (κ1) is 16.9. The second-order valence-corrected chi connectivity index (χ2v) is 6.18. The van der Waals surface area contributed by atoms with E-state index in [1.54, 1.807) is 28.8 Å². The molecule has 1 amide bonds. The zero-order valence-electron chi connectivity index (χ0n) is 14.4. The van der Waals surface area contributed by atoms with Gasteiger partial charge in [0.15, 0.2) is 0 Å². The molecule has 0 saturated carbocycles. The van der Waals surface area contributed by atoms with Crippen LogP contribution in [-0.2, 0) is 0 Å². The van der Waals surface area contributed by atoms with Crippen molar-refractivity contribution in [3.63, 3.8) is 0 Å². The zero-order valence-corrected chi connectivity index (χ0v) is 14.4. The van der Waals surface area contributed by atoms with E-state index in [9.17, 15) is 13.6 Å². The topological polar surface area (TPSA) is 46.4 Å². The summed E-state index contributed by atoms with van der Waals surface area (Å²) in [6, 6.07) is 15.3. The van der Waals surface area contributed by atoms with Crippen molar-refractivity contribution in [2.75, 3.05) is 5.32 Å². The fraction of sp³-hybridized carbons (Fsp3) is 0.0476. The zero-order chi connectivity index (χ0) is 19.0. The molecule has 0 bridgehead atoms. The van der Waals surface area contributed by atoms with Gasteiger partial charge in [0, 0.05) is 11.8 Å². The first-order valence-corrected chi connectivity index (χ1v) is 8.33. The van der Waals surface area contributed by atoms with Crippen molar-refractivity contribution in [2.45, 2.75) is 6.92 Å². The fourth-order valence-corrected chi connectivity index (χ4v) is 2.90. The van der Waals surface area contributed by atoms with Crippen molar-refractivity contribution in [1.29, 1.82) is 0 Å². The highest BCUT2D eigenvalue weighted by atomic mass is 19.1. The Hall–Kier alpha value is -3.54. The Labute approximate surface area is 154 Å². The number of carbonyl (C=O) groups is 1. The third-order valence-electron chi connectivity index (χ3n) is 4.25. The van der Waals surface area contributed by atoms with Crippen molar-refractivity contribution in [1.82, 2.24) is 9.38 Å². The van der Waals surface area contributed by atoms with Crippen LogP contribution in [0.5, 0.6) is 0 Å². The molecular formula is C21H15F2N3O. The van der Waals surface area contributed by atoms with Gasteiger partial charge >= 0.3 is 0 Å². The van der Waals surface area contributed by atoms with Crippen LogP contribution in [0.1, 0.15) is 15.9 Å². The molecule has 4 nitrogen and oxygen atoms in total. The van der Waals surface area contributed by atoms with Gasteiger partial charge in [0.25, 0.3) is 5.91 Å². The summed E-state index contributed by atoms with van der Waals surface area (Å²) < 4.78 is 29.0. The van der Waals surface area contributed by atoms with Crippen LogP contribution in [0, 0.1) is 18.6 Å². The van der Waals surface area contributed by atoms with Crippen LogP contribution in [0.4, 0.5) is 14.6 Å². The van der Waals surface area contributed by atoms with Crippen LogP contribution >= 0.6 is 0 Å². The number of imidazole rings is 1. The van der Waals surface area contributed by atoms with E-state index in [0.717, 1.165) is 5.56 Å². The van der Waals surface area contributed by atoms with Gasteiger partial charge in [-0.3, -0.25) is 9.20 Å². The molecule has 0 aliphatic carbocycles. The average Bonchev–Trinajstić information content (AvgIpc) is 3.00. The van der Waals surface area contributed by atoms with Crippen molar-refractivity contribution in [3.05, 3.63) is 89.6 Å². The smallest absolute Gasteiger partial charge is 0.259 e. The van der Waals surface area contributed by atoms with Gasteiger partial charge in [-0.15, -0.1) is 0 Å². The number of hydrogen-bond donors (Lipinski definition) is 1. The molecule has 0 fully saturated rings. The monoisotopic (exact) mass is 363 g/mol. The van der Waals surface area contributed by atoms with Gasteiger partial charge in [-0.25, -0.2) is 13.8 Å². The summed E-state index contributed by atoms with van der Waals surface area (Å²) in [6.45, 7) is 1.93. The SMILES string of the molecule is Cc1ccn2c(NC(=O)c3ccccc3F)c(-c3ccc(F)cc3)nc2c1. The predicted molar refractivity (Wildman–Crippen MR) is 99.7 cm³/mol. The minimum absolute atomic E-state index is 0.0652. The van der Waals surface area contributed by atoms with E-state index in [2.05, 4.69) is 10.3 Å². The standard InChI is InChI=1S/C21H15F2N3O/c1-13-10-11-26-18(12-13)24-19(14-6-8-15(22)9-7-14)20(26)25-21(27)16-4-2-3-5-17(16)23/h2-12H,1H3,(H,25,27). The molecule has 0 radical (unpaired) electrons. The Bertz CT molecular complexity index is 1150. The summed E-state index contributed by atoms with van der Waals surface area (Å²) in [7, 11) is 0. The second kappa shape index (κ2) is 6.64. The number of halogens is 2. The number of carbonyl (C=O) groups excluding carboxylic acids is 1. The Kier molecular flexibility index (Phi) is 4.16. The molecule has 0 atom stereocenters. The number of hydrogen-bond acceptors (Lipinski definition) is 2. The Morgan fingerprint density at radius 3 is 2.52 bits per heavy atom. The molecular weight excluding hydrogens is 348 g/mol. The molecule has 6 heteroatoms. The Morgan fingerprint density at radius 1 is 1.04 bits per heavy atom. The van der Waals surface area contributed by atoms with Crippen LogP contribution in [0.25, 0.3) is 16.9 Å². The first-order valence-electron chi connectivity index (χ1n) is 8.33. The van der Waals surface area contributed by atoms with E-state index in [1.807, 2.05) is 19.1 Å². The first-order chi connectivity index (χ1) is 13.0. The number of benzene rings is 2. The molecule has 134 valence electrons. The third kappa shape index (κ3) is 3.17. The van der Waals surface area contributed by atoms with Gasteiger partial charge in [-0.1, -0.05) is 12.1 Å². The molecule has 2 aromatic heterocycles. The fourth-order valence-electron chi connectivity index (χ4n) is 2.90. The van der Waals surface area contributed by atoms with Crippen LogP contribution in [0.15, 0.2) is 66.9 Å². The minimum atomic E-state index is -0.608.